The van der Waals surface area contributed by atoms with Crippen molar-refractivity contribution in [2.24, 2.45) is 0 Å². The smallest absolute Gasteiger partial charge is 0.233 e. The van der Waals surface area contributed by atoms with E-state index in [2.05, 4.69) is 42.9 Å². The molecule has 1 N–H and O–H groups in total. The number of aromatic nitrogens is 3. The molecule has 0 bridgehead atoms. The predicted octanol–water partition coefficient (Wildman–Crippen LogP) is 3.99. The molecule has 0 aliphatic heterocycles. The molecule has 1 heterocycles. The maximum absolute atomic E-state index is 12.6. The number of hydrogen-bond donors (Lipinski definition) is 1. The lowest BCUT2D eigenvalue weighted by atomic mass is 10.1. The summed E-state index contributed by atoms with van der Waals surface area (Å²) in [6.07, 6.45) is 1.92. The molecule has 1 aromatic carbocycles. The normalized spacial score (nSPS) is 13.5. The van der Waals surface area contributed by atoms with Gasteiger partial charge in [0.15, 0.2) is 5.82 Å². The fraction of sp³-hybridized carbons (Fsp3) is 0.500. The Morgan fingerprint density at radius 2 is 1.79 bits per heavy atom. The molecule has 1 aromatic heterocycles. The quantitative estimate of drug-likeness (QED) is 0.734. The van der Waals surface area contributed by atoms with E-state index in [0.29, 0.717) is 10.9 Å². The van der Waals surface area contributed by atoms with E-state index in [1.165, 1.54) is 11.8 Å². The van der Waals surface area contributed by atoms with Crippen molar-refractivity contribution in [2.75, 3.05) is 5.75 Å². The zero-order valence-corrected chi connectivity index (χ0v) is 15.6. The van der Waals surface area contributed by atoms with Gasteiger partial charge in [-0.25, -0.2) is 4.98 Å². The summed E-state index contributed by atoms with van der Waals surface area (Å²) in [5.41, 5.74) is 0.990. The Morgan fingerprint density at radius 3 is 2.38 bits per heavy atom. The number of benzene rings is 1. The highest BCUT2D eigenvalue weighted by atomic mass is 32.2. The number of aromatic amines is 1. The molecule has 0 saturated carbocycles. The number of hydrogen-bond acceptors (Lipinski definition) is 4. The minimum atomic E-state index is 0.148. The molecule has 0 saturated heterocycles. The van der Waals surface area contributed by atoms with Crippen molar-refractivity contribution in [3.63, 3.8) is 0 Å². The molecule has 0 fully saturated rings. The van der Waals surface area contributed by atoms with Crippen molar-refractivity contribution in [2.45, 2.75) is 57.8 Å². The van der Waals surface area contributed by atoms with Gasteiger partial charge in [0.05, 0.1) is 5.75 Å². The SMILES string of the molecule is CC[C@@H](C)N(C(=O)CSc1n[nH]c(-c2ccccc2)n1)[C@@H](C)CC. The van der Waals surface area contributed by atoms with Crippen molar-refractivity contribution >= 4 is 17.7 Å². The molecular formula is C18H26N4OS. The van der Waals surface area contributed by atoms with Crippen LogP contribution in [0.25, 0.3) is 11.4 Å². The Labute approximate surface area is 148 Å². The first kappa shape index (κ1) is 18.5. The van der Waals surface area contributed by atoms with Gasteiger partial charge in [0.2, 0.25) is 11.1 Å². The lowest BCUT2D eigenvalue weighted by Gasteiger charge is -2.33. The van der Waals surface area contributed by atoms with E-state index in [4.69, 9.17) is 0 Å². The third-order valence-electron chi connectivity index (χ3n) is 4.26. The molecule has 5 nitrogen and oxygen atoms in total. The van der Waals surface area contributed by atoms with Gasteiger partial charge < -0.3 is 4.90 Å². The summed E-state index contributed by atoms with van der Waals surface area (Å²) in [6, 6.07) is 10.4. The van der Waals surface area contributed by atoms with Gasteiger partial charge in [0, 0.05) is 17.6 Å². The van der Waals surface area contributed by atoms with E-state index < -0.39 is 0 Å². The molecule has 0 spiro atoms. The second kappa shape index (κ2) is 8.87. The molecule has 2 atom stereocenters. The molecular weight excluding hydrogens is 320 g/mol. The summed E-state index contributed by atoms with van der Waals surface area (Å²) in [5.74, 6) is 1.24. The second-order valence-electron chi connectivity index (χ2n) is 5.94. The average Bonchev–Trinajstić information content (AvgIpc) is 3.09. The second-order valence-corrected chi connectivity index (χ2v) is 6.88. The van der Waals surface area contributed by atoms with E-state index in [0.717, 1.165) is 24.2 Å². The highest BCUT2D eigenvalue weighted by Gasteiger charge is 2.23. The van der Waals surface area contributed by atoms with E-state index >= 15 is 0 Å². The molecule has 0 aliphatic rings. The third kappa shape index (κ3) is 4.60. The number of rotatable bonds is 8. The lowest BCUT2D eigenvalue weighted by Crippen LogP contribution is -2.45. The molecule has 130 valence electrons. The Balaban J connectivity index is 1.99. The summed E-state index contributed by atoms with van der Waals surface area (Å²) in [4.78, 5) is 19.1. The van der Waals surface area contributed by atoms with Gasteiger partial charge >= 0.3 is 0 Å². The number of carbonyl (C=O) groups excluding carboxylic acids is 1. The molecule has 24 heavy (non-hydrogen) atoms. The van der Waals surface area contributed by atoms with Crippen LogP contribution in [0.2, 0.25) is 0 Å². The Bertz CT molecular complexity index is 633. The minimum Gasteiger partial charge on any atom is -0.337 e. The van der Waals surface area contributed by atoms with Gasteiger partial charge in [-0.15, -0.1) is 5.10 Å². The molecule has 0 radical (unpaired) electrons. The van der Waals surface area contributed by atoms with Crippen LogP contribution in [0.5, 0.6) is 0 Å². The fourth-order valence-corrected chi connectivity index (χ4v) is 3.22. The van der Waals surface area contributed by atoms with Crippen LogP contribution in [-0.4, -0.2) is 43.8 Å². The zero-order chi connectivity index (χ0) is 17.5. The van der Waals surface area contributed by atoms with Crippen LogP contribution in [0.15, 0.2) is 35.5 Å². The van der Waals surface area contributed by atoms with Crippen molar-refractivity contribution in [1.29, 1.82) is 0 Å². The van der Waals surface area contributed by atoms with Crippen molar-refractivity contribution in [1.82, 2.24) is 20.1 Å². The first-order valence-electron chi connectivity index (χ1n) is 8.48. The van der Waals surface area contributed by atoms with E-state index in [9.17, 15) is 4.79 Å². The Hall–Kier alpha value is -1.82. The minimum absolute atomic E-state index is 0.148. The Morgan fingerprint density at radius 1 is 1.17 bits per heavy atom. The van der Waals surface area contributed by atoms with Crippen molar-refractivity contribution in [3.05, 3.63) is 30.3 Å². The van der Waals surface area contributed by atoms with Crippen molar-refractivity contribution < 1.29 is 4.79 Å². The van der Waals surface area contributed by atoms with Crippen LogP contribution in [0.3, 0.4) is 0 Å². The van der Waals surface area contributed by atoms with Gasteiger partial charge in [-0.2, -0.15) is 0 Å². The van der Waals surface area contributed by atoms with Crippen LogP contribution < -0.4 is 0 Å². The van der Waals surface area contributed by atoms with Gasteiger partial charge in [0.1, 0.15) is 0 Å². The van der Waals surface area contributed by atoms with Crippen LogP contribution in [0.1, 0.15) is 40.5 Å². The number of nitrogens with zero attached hydrogens (tertiary/aromatic N) is 3. The maximum Gasteiger partial charge on any atom is 0.233 e. The molecule has 0 unspecified atom stereocenters. The van der Waals surface area contributed by atoms with Crippen molar-refractivity contribution in [3.8, 4) is 11.4 Å². The van der Waals surface area contributed by atoms with Crippen LogP contribution in [-0.2, 0) is 4.79 Å². The van der Waals surface area contributed by atoms with Crippen LogP contribution in [0.4, 0.5) is 0 Å². The van der Waals surface area contributed by atoms with Gasteiger partial charge in [-0.1, -0.05) is 55.9 Å². The van der Waals surface area contributed by atoms with Gasteiger partial charge in [0.25, 0.3) is 0 Å². The van der Waals surface area contributed by atoms with Gasteiger partial charge in [-0.05, 0) is 26.7 Å². The lowest BCUT2D eigenvalue weighted by molar-refractivity contribution is -0.132. The fourth-order valence-electron chi connectivity index (χ4n) is 2.56. The van der Waals surface area contributed by atoms with Gasteiger partial charge in [-0.3, -0.25) is 9.89 Å². The average molecular weight is 347 g/mol. The molecule has 6 heteroatoms. The first-order valence-corrected chi connectivity index (χ1v) is 9.47. The monoisotopic (exact) mass is 346 g/mol. The number of nitrogens with one attached hydrogen (secondary N) is 1. The first-order chi connectivity index (χ1) is 11.6. The molecule has 0 aliphatic carbocycles. The largest absolute Gasteiger partial charge is 0.337 e. The maximum atomic E-state index is 12.6. The number of amides is 1. The highest BCUT2D eigenvalue weighted by Crippen LogP contribution is 2.21. The summed E-state index contributed by atoms with van der Waals surface area (Å²) in [6.45, 7) is 8.44. The summed E-state index contributed by atoms with van der Waals surface area (Å²) < 4.78 is 0. The number of thioether (sulfide) groups is 1. The summed E-state index contributed by atoms with van der Waals surface area (Å²) in [7, 11) is 0. The highest BCUT2D eigenvalue weighted by molar-refractivity contribution is 7.99. The van der Waals surface area contributed by atoms with Crippen LogP contribution >= 0.6 is 11.8 Å². The summed E-state index contributed by atoms with van der Waals surface area (Å²) >= 11 is 1.38. The Kier molecular flexibility index (Phi) is 6.85. The number of carbonyl (C=O) groups is 1. The standard InChI is InChI=1S/C18H26N4OS/c1-5-13(3)22(14(4)6-2)16(23)12-24-18-19-17(20-21-18)15-10-8-7-9-11-15/h7-11,13-14H,5-6,12H2,1-4H3,(H,19,20,21)/t13-,14+. The van der Waals surface area contributed by atoms with E-state index in [1.54, 1.807) is 0 Å². The van der Waals surface area contributed by atoms with E-state index in [1.807, 2.05) is 35.2 Å². The molecule has 1 amide bonds. The summed E-state index contributed by atoms with van der Waals surface area (Å²) in [5, 5.41) is 7.75. The number of H-pyrrole nitrogens is 1. The molecule has 2 rings (SSSR count). The third-order valence-corrected chi connectivity index (χ3v) is 5.09. The van der Waals surface area contributed by atoms with Crippen LogP contribution in [0, 0.1) is 0 Å². The van der Waals surface area contributed by atoms with E-state index in [-0.39, 0.29) is 18.0 Å². The zero-order valence-electron chi connectivity index (χ0n) is 14.8. The molecule has 2 aromatic rings. The predicted molar refractivity (Wildman–Crippen MR) is 98.9 cm³/mol. The topological polar surface area (TPSA) is 61.9 Å².